The number of hydrogen-bond donors (Lipinski definition) is 1. The zero-order chi connectivity index (χ0) is 12.1. The number of benzene rings is 1. The maximum absolute atomic E-state index is 13.5. The molecular formula is C12H14FNO3. The van der Waals surface area contributed by atoms with Crippen molar-refractivity contribution in [3.8, 4) is 5.75 Å². The molecule has 1 saturated heterocycles. The van der Waals surface area contributed by atoms with E-state index in [1.54, 1.807) is 6.07 Å². The van der Waals surface area contributed by atoms with Gasteiger partial charge in [-0.1, -0.05) is 0 Å². The third-order valence-electron chi connectivity index (χ3n) is 2.61. The van der Waals surface area contributed by atoms with Crippen molar-refractivity contribution >= 4 is 12.1 Å². The lowest BCUT2D eigenvalue weighted by Gasteiger charge is -2.12. The van der Waals surface area contributed by atoms with E-state index in [2.05, 4.69) is 5.32 Å². The summed E-state index contributed by atoms with van der Waals surface area (Å²) in [6, 6.07) is 4.30. The molecule has 1 unspecified atom stereocenters. The Morgan fingerprint density at radius 1 is 1.59 bits per heavy atom. The van der Waals surface area contributed by atoms with Gasteiger partial charge in [0.2, 0.25) is 6.41 Å². The Hall–Kier alpha value is -1.62. The van der Waals surface area contributed by atoms with Crippen LogP contribution in [0.3, 0.4) is 0 Å². The highest BCUT2D eigenvalue weighted by Gasteiger charge is 2.16. The molecule has 1 amide bonds. The van der Waals surface area contributed by atoms with Crippen LogP contribution in [-0.2, 0) is 9.53 Å². The maximum atomic E-state index is 13.5. The predicted molar refractivity (Wildman–Crippen MR) is 60.6 cm³/mol. The van der Waals surface area contributed by atoms with Crippen molar-refractivity contribution in [1.82, 2.24) is 0 Å². The summed E-state index contributed by atoms with van der Waals surface area (Å²) >= 11 is 0. The molecule has 4 nitrogen and oxygen atoms in total. The number of hydrogen-bond acceptors (Lipinski definition) is 3. The highest BCUT2D eigenvalue weighted by Crippen LogP contribution is 2.22. The first-order chi connectivity index (χ1) is 8.29. The van der Waals surface area contributed by atoms with Crippen molar-refractivity contribution in [1.29, 1.82) is 0 Å². The Labute approximate surface area is 98.7 Å². The summed E-state index contributed by atoms with van der Waals surface area (Å²) in [5.74, 6) is -0.313. The van der Waals surface area contributed by atoms with Crippen LogP contribution in [-0.4, -0.2) is 25.7 Å². The summed E-state index contributed by atoms with van der Waals surface area (Å²) in [4.78, 5) is 10.2. The van der Waals surface area contributed by atoms with Crippen LogP contribution in [0.5, 0.6) is 5.75 Å². The van der Waals surface area contributed by atoms with Gasteiger partial charge >= 0.3 is 0 Å². The fourth-order valence-corrected chi connectivity index (χ4v) is 1.73. The molecule has 5 heteroatoms. The Balaban J connectivity index is 1.93. The predicted octanol–water partition coefficient (Wildman–Crippen LogP) is 1.95. The Bertz CT molecular complexity index is 391. The molecular weight excluding hydrogens is 225 g/mol. The lowest BCUT2D eigenvalue weighted by molar-refractivity contribution is -0.105. The number of carbonyl (C=O) groups excluding carboxylic acids is 1. The number of ether oxygens (including phenoxy) is 2. The van der Waals surface area contributed by atoms with Crippen LogP contribution in [0.2, 0.25) is 0 Å². The molecule has 1 heterocycles. The zero-order valence-corrected chi connectivity index (χ0v) is 9.32. The first-order valence-corrected chi connectivity index (χ1v) is 5.54. The van der Waals surface area contributed by atoms with E-state index >= 15 is 0 Å². The van der Waals surface area contributed by atoms with Crippen molar-refractivity contribution in [2.75, 3.05) is 18.5 Å². The normalized spacial score (nSPS) is 19.0. The van der Waals surface area contributed by atoms with Gasteiger partial charge in [-0.3, -0.25) is 4.79 Å². The van der Waals surface area contributed by atoms with E-state index < -0.39 is 5.82 Å². The largest absolute Gasteiger partial charge is 0.488 e. The molecule has 1 fully saturated rings. The lowest BCUT2D eigenvalue weighted by atomic mass is 10.2. The number of anilines is 1. The minimum absolute atomic E-state index is 0.0576. The molecule has 1 aliphatic heterocycles. The van der Waals surface area contributed by atoms with Gasteiger partial charge in [0.05, 0.1) is 6.10 Å². The molecule has 1 atom stereocenters. The molecule has 0 bridgehead atoms. The summed E-state index contributed by atoms with van der Waals surface area (Å²) in [5, 5.41) is 2.37. The van der Waals surface area contributed by atoms with Gasteiger partial charge in [-0.2, -0.15) is 0 Å². The van der Waals surface area contributed by atoms with Gasteiger partial charge in [0.15, 0.2) is 11.6 Å². The average molecular weight is 239 g/mol. The third kappa shape index (κ3) is 3.17. The first kappa shape index (κ1) is 11.9. The van der Waals surface area contributed by atoms with Gasteiger partial charge in [-0.25, -0.2) is 4.39 Å². The molecule has 0 saturated carbocycles. The third-order valence-corrected chi connectivity index (χ3v) is 2.61. The van der Waals surface area contributed by atoms with Crippen molar-refractivity contribution < 1.29 is 18.7 Å². The van der Waals surface area contributed by atoms with Crippen LogP contribution in [0.15, 0.2) is 18.2 Å². The van der Waals surface area contributed by atoms with Gasteiger partial charge < -0.3 is 14.8 Å². The molecule has 17 heavy (non-hydrogen) atoms. The number of halogens is 1. The average Bonchev–Trinajstić information content (AvgIpc) is 2.81. The smallest absolute Gasteiger partial charge is 0.211 e. The van der Waals surface area contributed by atoms with Gasteiger partial charge in [-0.15, -0.1) is 0 Å². The fraction of sp³-hybridized carbons (Fsp3) is 0.417. The molecule has 1 aromatic rings. The summed E-state index contributed by atoms with van der Waals surface area (Å²) in [7, 11) is 0. The maximum Gasteiger partial charge on any atom is 0.211 e. The molecule has 1 N–H and O–H groups in total. The van der Waals surface area contributed by atoms with Crippen LogP contribution in [0.25, 0.3) is 0 Å². The molecule has 2 rings (SSSR count). The van der Waals surface area contributed by atoms with Crippen molar-refractivity contribution in [3.63, 3.8) is 0 Å². The van der Waals surface area contributed by atoms with E-state index in [1.807, 2.05) is 0 Å². The first-order valence-electron chi connectivity index (χ1n) is 5.54. The van der Waals surface area contributed by atoms with E-state index in [0.29, 0.717) is 18.7 Å². The molecule has 0 aliphatic carbocycles. The van der Waals surface area contributed by atoms with Crippen LogP contribution in [0.4, 0.5) is 10.1 Å². The van der Waals surface area contributed by atoms with Gasteiger partial charge in [0, 0.05) is 18.4 Å². The second kappa shape index (κ2) is 5.63. The van der Waals surface area contributed by atoms with Crippen LogP contribution < -0.4 is 10.1 Å². The van der Waals surface area contributed by atoms with Crippen LogP contribution in [0.1, 0.15) is 12.8 Å². The topological polar surface area (TPSA) is 47.6 Å². The minimum Gasteiger partial charge on any atom is -0.488 e. The number of nitrogens with one attached hydrogen (secondary N) is 1. The highest BCUT2D eigenvalue weighted by atomic mass is 19.1. The highest BCUT2D eigenvalue weighted by molar-refractivity contribution is 5.71. The van der Waals surface area contributed by atoms with Gasteiger partial charge in [0.1, 0.15) is 6.61 Å². The van der Waals surface area contributed by atoms with Gasteiger partial charge in [-0.05, 0) is 25.0 Å². The summed E-state index contributed by atoms with van der Waals surface area (Å²) in [5.41, 5.74) is 0.405. The number of carbonyl (C=O) groups is 1. The van der Waals surface area contributed by atoms with E-state index in [9.17, 15) is 9.18 Å². The van der Waals surface area contributed by atoms with E-state index in [4.69, 9.17) is 9.47 Å². The van der Waals surface area contributed by atoms with Crippen molar-refractivity contribution in [3.05, 3.63) is 24.0 Å². The Morgan fingerprint density at radius 2 is 2.47 bits per heavy atom. The quantitative estimate of drug-likeness (QED) is 0.799. The molecule has 0 aromatic heterocycles. The number of rotatable bonds is 5. The second-order valence-electron chi connectivity index (χ2n) is 3.85. The van der Waals surface area contributed by atoms with Gasteiger partial charge in [0.25, 0.3) is 0 Å². The van der Waals surface area contributed by atoms with E-state index in [0.717, 1.165) is 19.4 Å². The van der Waals surface area contributed by atoms with Crippen molar-refractivity contribution in [2.24, 2.45) is 0 Å². The van der Waals surface area contributed by atoms with E-state index in [-0.39, 0.29) is 11.9 Å². The molecule has 0 spiro atoms. The minimum atomic E-state index is -0.491. The molecule has 0 radical (unpaired) electrons. The van der Waals surface area contributed by atoms with Crippen molar-refractivity contribution in [2.45, 2.75) is 18.9 Å². The standard InChI is InChI=1S/C12H14FNO3/c13-11-6-9(14-8-15)3-4-12(11)17-7-10-2-1-5-16-10/h3-4,6,8,10H,1-2,5,7H2,(H,14,15). The summed E-state index contributed by atoms with van der Waals surface area (Å²) in [6.45, 7) is 1.11. The molecule has 1 aromatic carbocycles. The SMILES string of the molecule is O=CNc1ccc(OCC2CCCO2)c(F)c1. The van der Waals surface area contributed by atoms with Crippen LogP contribution >= 0.6 is 0 Å². The monoisotopic (exact) mass is 239 g/mol. The lowest BCUT2D eigenvalue weighted by Crippen LogP contribution is -2.16. The summed E-state index contributed by atoms with van der Waals surface area (Å²) < 4.78 is 24.2. The second-order valence-corrected chi connectivity index (χ2v) is 3.85. The van der Waals surface area contributed by atoms with E-state index in [1.165, 1.54) is 12.1 Å². The molecule has 1 aliphatic rings. The summed E-state index contributed by atoms with van der Waals surface area (Å²) in [6.07, 6.45) is 2.54. The fourth-order valence-electron chi connectivity index (χ4n) is 1.73. The Morgan fingerprint density at radius 3 is 3.12 bits per heavy atom. The molecule has 92 valence electrons. The number of amides is 1. The Kier molecular flexibility index (Phi) is 3.93. The van der Waals surface area contributed by atoms with Crippen LogP contribution in [0, 0.1) is 5.82 Å². The zero-order valence-electron chi connectivity index (χ0n) is 9.32.